The molecule has 3 N–H and O–H groups in total. The number of aliphatic hydroxyl groups is 1. The van der Waals surface area contributed by atoms with E-state index in [2.05, 4.69) is 10.3 Å². The molecule has 2 rings (SSSR count). The topological polar surface area (TPSA) is 91.4 Å². The molecule has 2 aromatic rings. The summed E-state index contributed by atoms with van der Waals surface area (Å²) in [6.45, 7) is 1.49. The van der Waals surface area contributed by atoms with Crippen molar-refractivity contribution in [3.05, 3.63) is 63.8 Å². The fourth-order valence-corrected chi connectivity index (χ4v) is 1.86. The van der Waals surface area contributed by atoms with Gasteiger partial charge in [-0.2, -0.15) is 0 Å². The number of aryl methyl sites for hydroxylation is 1. The van der Waals surface area contributed by atoms with Crippen LogP contribution in [0.15, 0.2) is 41.2 Å². The van der Waals surface area contributed by atoms with E-state index in [4.69, 9.17) is 4.74 Å². The Balaban J connectivity index is 1.83. The van der Waals surface area contributed by atoms with Crippen molar-refractivity contribution in [2.24, 2.45) is 0 Å². The van der Waals surface area contributed by atoms with Crippen LogP contribution in [-0.2, 0) is 0 Å². The summed E-state index contributed by atoms with van der Waals surface area (Å²) in [5.41, 5.74) is 0.122. The smallest absolute Gasteiger partial charge is 0.260 e. The number of aromatic amines is 1. The number of hydrogen-bond donors (Lipinski definition) is 3. The Labute approximate surface area is 131 Å². The van der Waals surface area contributed by atoms with Gasteiger partial charge in [0, 0.05) is 18.3 Å². The number of amides is 1. The highest BCUT2D eigenvalue weighted by Gasteiger charge is 2.13. The van der Waals surface area contributed by atoms with Crippen LogP contribution < -0.4 is 15.6 Å². The van der Waals surface area contributed by atoms with Crippen LogP contribution >= 0.6 is 0 Å². The summed E-state index contributed by atoms with van der Waals surface area (Å²) >= 11 is 0. The van der Waals surface area contributed by atoms with Gasteiger partial charge < -0.3 is 20.1 Å². The Morgan fingerprint density at radius 3 is 2.87 bits per heavy atom. The minimum atomic E-state index is -0.994. The summed E-state index contributed by atoms with van der Waals surface area (Å²) in [5, 5.41) is 12.2. The lowest BCUT2D eigenvalue weighted by Crippen LogP contribution is -2.37. The molecule has 1 heterocycles. The summed E-state index contributed by atoms with van der Waals surface area (Å²) in [6.07, 6.45) is -0.994. The average Bonchev–Trinajstić information content (AvgIpc) is 2.50. The van der Waals surface area contributed by atoms with Crippen LogP contribution in [0.4, 0.5) is 4.39 Å². The zero-order chi connectivity index (χ0) is 16.8. The van der Waals surface area contributed by atoms with E-state index in [1.54, 1.807) is 19.1 Å². The molecule has 23 heavy (non-hydrogen) atoms. The van der Waals surface area contributed by atoms with Crippen molar-refractivity contribution in [1.82, 2.24) is 10.3 Å². The molecule has 0 saturated heterocycles. The van der Waals surface area contributed by atoms with Gasteiger partial charge in [0.15, 0.2) is 0 Å². The average molecular weight is 320 g/mol. The van der Waals surface area contributed by atoms with Crippen LogP contribution in [0.1, 0.15) is 16.1 Å². The Morgan fingerprint density at radius 1 is 1.39 bits per heavy atom. The van der Waals surface area contributed by atoms with Crippen molar-refractivity contribution < 1.29 is 19.0 Å². The summed E-state index contributed by atoms with van der Waals surface area (Å²) in [5.74, 6) is -0.745. The number of hydrogen-bond acceptors (Lipinski definition) is 4. The second-order valence-electron chi connectivity index (χ2n) is 5.02. The van der Waals surface area contributed by atoms with Gasteiger partial charge in [-0.1, -0.05) is 6.07 Å². The number of carbonyl (C=O) groups is 1. The van der Waals surface area contributed by atoms with Crippen LogP contribution in [-0.4, -0.2) is 35.3 Å². The number of carbonyl (C=O) groups excluding carboxylic acids is 1. The van der Waals surface area contributed by atoms with Gasteiger partial charge in [0.1, 0.15) is 29.8 Å². The quantitative estimate of drug-likeness (QED) is 0.740. The van der Waals surface area contributed by atoms with Crippen LogP contribution in [0.2, 0.25) is 0 Å². The Kier molecular flexibility index (Phi) is 5.48. The molecule has 0 unspecified atom stereocenters. The molecule has 1 aromatic carbocycles. The van der Waals surface area contributed by atoms with E-state index >= 15 is 0 Å². The summed E-state index contributed by atoms with van der Waals surface area (Å²) in [4.78, 5) is 26.0. The molecule has 1 aromatic heterocycles. The van der Waals surface area contributed by atoms with Gasteiger partial charge >= 0.3 is 0 Å². The normalized spacial score (nSPS) is 11.8. The summed E-state index contributed by atoms with van der Waals surface area (Å²) < 4.78 is 18.2. The first kappa shape index (κ1) is 16.7. The van der Waals surface area contributed by atoms with E-state index in [1.165, 1.54) is 24.3 Å². The molecule has 1 atom stereocenters. The standard InChI is InChI=1S/C16H17FN2O4/c1-10-5-6-14(16(22)19-10)15(21)18-8-12(20)9-23-13-4-2-3-11(17)7-13/h2-7,12,20H,8-9H2,1H3,(H,18,21)(H,19,22)/t12-/m0/s1. The van der Waals surface area contributed by atoms with Crippen molar-refractivity contribution in [3.8, 4) is 5.75 Å². The number of nitrogens with one attached hydrogen (secondary N) is 2. The summed E-state index contributed by atoms with van der Waals surface area (Å²) in [7, 11) is 0. The van der Waals surface area contributed by atoms with Gasteiger partial charge in [-0.3, -0.25) is 9.59 Å². The molecule has 0 aliphatic rings. The first-order chi connectivity index (χ1) is 11.0. The fraction of sp³-hybridized carbons (Fsp3) is 0.250. The molecule has 0 bridgehead atoms. The monoisotopic (exact) mass is 320 g/mol. The number of pyridine rings is 1. The van der Waals surface area contributed by atoms with Crippen molar-refractivity contribution in [2.75, 3.05) is 13.2 Å². The van der Waals surface area contributed by atoms with E-state index in [0.717, 1.165) is 0 Å². The highest BCUT2D eigenvalue weighted by molar-refractivity contribution is 5.93. The minimum Gasteiger partial charge on any atom is -0.491 e. The lowest BCUT2D eigenvalue weighted by atomic mass is 10.2. The largest absolute Gasteiger partial charge is 0.491 e. The molecule has 0 saturated carbocycles. The zero-order valence-corrected chi connectivity index (χ0v) is 12.5. The lowest BCUT2D eigenvalue weighted by Gasteiger charge is -2.13. The molecule has 6 nitrogen and oxygen atoms in total. The van der Waals surface area contributed by atoms with Crippen molar-refractivity contribution >= 4 is 5.91 Å². The number of aromatic nitrogens is 1. The van der Waals surface area contributed by atoms with Crippen molar-refractivity contribution in [1.29, 1.82) is 0 Å². The second-order valence-corrected chi connectivity index (χ2v) is 5.02. The first-order valence-electron chi connectivity index (χ1n) is 7.00. The molecular weight excluding hydrogens is 303 g/mol. The third-order valence-corrected chi connectivity index (χ3v) is 3.04. The second kappa shape index (κ2) is 7.55. The lowest BCUT2D eigenvalue weighted by molar-refractivity contribution is 0.0842. The van der Waals surface area contributed by atoms with Crippen molar-refractivity contribution in [2.45, 2.75) is 13.0 Å². The maximum absolute atomic E-state index is 13.0. The Bertz CT molecular complexity index is 745. The SMILES string of the molecule is Cc1ccc(C(=O)NC[C@H](O)COc2cccc(F)c2)c(=O)[nH]1. The van der Waals surface area contributed by atoms with Gasteiger partial charge in [0.2, 0.25) is 0 Å². The number of halogens is 1. The number of ether oxygens (including phenoxy) is 1. The Hall–Kier alpha value is -2.67. The third-order valence-electron chi connectivity index (χ3n) is 3.04. The van der Waals surface area contributed by atoms with E-state index in [-0.39, 0.29) is 24.5 Å². The molecule has 0 aliphatic carbocycles. The molecule has 0 aliphatic heterocycles. The third kappa shape index (κ3) is 4.93. The molecule has 1 amide bonds. The maximum Gasteiger partial charge on any atom is 0.260 e. The van der Waals surface area contributed by atoms with Crippen LogP contribution in [0, 0.1) is 12.7 Å². The molecule has 122 valence electrons. The highest BCUT2D eigenvalue weighted by Crippen LogP contribution is 2.11. The van der Waals surface area contributed by atoms with E-state index < -0.39 is 23.4 Å². The van der Waals surface area contributed by atoms with Crippen LogP contribution in [0.25, 0.3) is 0 Å². The number of rotatable bonds is 6. The number of aliphatic hydroxyl groups excluding tert-OH is 1. The highest BCUT2D eigenvalue weighted by atomic mass is 19.1. The van der Waals surface area contributed by atoms with Crippen molar-refractivity contribution in [3.63, 3.8) is 0 Å². The molecule has 0 radical (unpaired) electrons. The predicted molar refractivity (Wildman–Crippen MR) is 82.0 cm³/mol. The molecule has 0 fully saturated rings. The van der Waals surface area contributed by atoms with Crippen LogP contribution in [0.3, 0.4) is 0 Å². The fourth-order valence-electron chi connectivity index (χ4n) is 1.86. The van der Waals surface area contributed by atoms with Gasteiger partial charge in [0.05, 0.1) is 0 Å². The van der Waals surface area contributed by atoms with Gasteiger partial charge in [0.25, 0.3) is 11.5 Å². The van der Waals surface area contributed by atoms with Gasteiger partial charge in [-0.25, -0.2) is 4.39 Å². The zero-order valence-electron chi connectivity index (χ0n) is 12.5. The van der Waals surface area contributed by atoms with Gasteiger partial charge in [-0.15, -0.1) is 0 Å². The van der Waals surface area contributed by atoms with Gasteiger partial charge in [-0.05, 0) is 31.2 Å². The van der Waals surface area contributed by atoms with E-state index in [9.17, 15) is 19.1 Å². The number of benzene rings is 1. The van der Waals surface area contributed by atoms with E-state index in [0.29, 0.717) is 5.69 Å². The first-order valence-corrected chi connectivity index (χ1v) is 7.00. The maximum atomic E-state index is 13.0. The molecule has 7 heteroatoms. The number of H-pyrrole nitrogens is 1. The van der Waals surface area contributed by atoms with E-state index in [1.807, 2.05) is 0 Å². The molecular formula is C16H17FN2O4. The minimum absolute atomic E-state index is 0.0335. The Morgan fingerprint density at radius 2 is 2.17 bits per heavy atom. The summed E-state index contributed by atoms with van der Waals surface area (Å²) in [6, 6.07) is 8.54. The van der Waals surface area contributed by atoms with Crippen LogP contribution in [0.5, 0.6) is 5.75 Å². The predicted octanol–water partition coefficient (Wildman–Crippen LogP) is 0.992. The molecule has 0 spiro atoms.